The fourth-order valence-electron chi connectivity index (χ4n) is 2.32. The van der Waals surface area contributed by atoms with E-state index in [1.165, 1.54) is 0 Å². The van der Waals surface area contributed by atoms with E-state index in [9.17, 15) is 5.11 Å². The Morgan fingerprint density at radius 3 is 2.65 bits per heavy atom. The fourth-order valence-corrected chi connectivity index (χ4v) is 2.32. The second kappa shape index (κ2) is 13.6. The van der Waals surface area contributed by atoms with Crippen molar-refractivity contribution >= 4 is 29.9 Å². The first-order chi connectivity index (χ1) is 12.3. The van der Waals surface area contributed by atoms with Gasteiger partial charge in [-0.3, -0.25) is 0 Å². The number of aliphatic hydroxyl groups excluding tert-OH is 1. The number of nitrogens with zero attached hydrogens (tertiary/aromatic N) is 1. The Kier molecular flexibility index (Phi) is 11.7. The van der Waals surface area contributed by atoms with Crippen LogP contribution in [0.2, 0.25) is 0 Å². The summed E-state index contributed by atoms with van der Waals surface area (Å²) in [6.07, 6.45) is 2.52. The van der Waals surface area contributed by atoms with E-state index in [1.54, 1.807) is 6.26 Å². The predicted octanol–water partition coefficient (Wildman–Crippen LogP) is 3.05. The van der Waals surface area contributed by atoms with Gasteiger partial charge in [0.25, 0.3) is 0 Å². The van der Waals surface area contributed by atoms with Crippen LogP contribution in [-0.4, -0.2) is 30.8 Å². The summed E-state index contributed by atoms with van der Waals surface area (Å²) in [5.74, 6) is 1.60. The largest absolute Gasteiger partial charge is 0.467 e. The Morgan fingerprint density at radius 2 is 1.96 bits per heavy atom. The van der Waals surface area contributed by atoms with Gasteiger partial charge >= 0.3 is 0 Å². The zero-order valence-electron chi connectivity index (χ0n) is 15.1. The molecule has 0 aliphatic heterocycles. The minimum absolute atomic E-state index is 0. The van der Waals surface area contributed by atoms with Gasteiger partial charge in [-0.05, 0) is 36.6 Å². The van der Waals surface area contributed by atoms with E-state index in [1.807, 2.05) is 43.3 Å². The van der Waals surface area contributed by atoms with Gasteiger partial charge in [-0.2, -0.15) is 0 Å². The highest BCUT2D eigenvalue weighted by Crippen LogP contribution is 2.09. The van der Waals surface area contributed by atoms with Crippen LogP contribution in [0, 0.1) is 0 Å². The van der Waals surface area contributed by atoms with E-state index in [0.717, 1.165) is 42.4 Å². The van der Waals surface area contributed by atoms with Gasteiger partial charge in [-0.25, -0.2) is 4.99 Å². The topological polar surface area (TPSA) is 79.0 Å². The summed E-state index contributed by atoms with van der Waals surface area (Å²) >= 11 is 0. The third-order valence-electron chi connectivity index (χ3n) is 3.62. The van der Waals surface area contributed by atoms with Crippen LogP contribution in [0.25, 0.3) is 0 Å². The molecule has 3 N–H and O–H groups in total. The molecule has 0 saturated heterocycles. The molecule has 2 aromatic rings. The number of halogens is 1. The van der Waals surface area contributed by atoms with Crippen LogP contribution in [0.5, 0.6) is 0 Å². The van der Waals surface area contributed by atoms with Crippen molar-refractivity contribution < 1.29 is 14.3 Å². The van der Waals surface area contributed by atoms with Crippen molar-refractivity contribution in [3.63, 3.8) is 0 Å². The quantitative estimate of drug-likeness (QED) is 0.214. The first-order valence-corrected chi connectivity index (χ1v) is 8.63. The van der Waals surface area contributed by atoms with Crippen LogP contribution in [0.4, 0.5) is 0 Å². The van der Waals surface area contributed by atoms with E-state index in [2.05, 4.69) is 15.6 Å². The minimum atomic E-state index is 0. The summed E-state index contributed by atoms with van der Waals surface area (Å²) in [7, 11) is 0. The summed E-state index contributed by atoms with van der Waals surface area (Å²) < 4.78 is 10.8. The van der Waals surface area contributed by atoms with Gasteiger partial charge in [-0.1, -0.05) is 24.3 Å². The lowest BCUT2D eigenvalue weighted by Crippen LogP contribution is -2.38. The number of ether oxygens (including phenoxy) is 1. The Labute approximate surface area is 172 Å². The maximum Gasteiger partial charge on any atom is 0.191 e. The number of aliphatic imine (C=N–C) groups is 1. The standard InChI is InChI=1S/C19H27N3O3.HI/c1-2-20-19(22-13-16-7-3-4-8-17(16)14-23)21-10-6-11-24-15-18-9-5-12-25-18;/h3-5,7-9,12,23H,2,6,10-11,13-15H2,1H3,(H2,20,21,22);1H. The molecule has 1 aromatic heterocycles. The molecule has 0 aliphatic rings. The Morgan fingerprint density at radius 1 is 1.15 bits per heavy atom. The smallest absolute Gasteiger partial charge is 0.191 e. The Hall–Kier alpha value is -1.58. The van der Waals surface area contributed by atoms with Gasteiger partial charge in [0.1, 0.15) is 12.4 Å². The van der Waals surface area contributed by atoms with Crippen molar-refractivity contribution in [2.24, 2.45) is 4.99 Å². The van der Waals surface area contributed by atoms with Gasteiger partial charge in [0.15, 0.2) is 5.96 Å². The van der Waals surface area contributed by atoms with Gasteiger partial charge in [-0.15, -0.1) is 24.0 Å². The molecule has 1 aromatic carbocycles. The molecule has 0 fully saturated rings. The van der Waals surface area contributed by atoms with Crippen LogP contribution < -0.4 is 10.6 Å². The molecule has 0 radical (unpaired) electrons. The number of hydrogen-bond donors (Lipinski definition) is 3. The number of rotatable bonds is 10. The third kappa shape index (κ3) is 8.20. The van der Waals surface area contributed by atoms with E-state index < -0.39 is 0 Å². The number of benzene rings is 1. The number of furan rings is 1. The molecule has 0 unspecified atom stereocenters. The van der Waals surface area contributed by atoms with Crippen LogP contribution in [-0.2, 0) is 24.5 Å². The maximum atomic E-state index is 9.38. The second-order valence-electron chi connectivity index (χ2n) is 5.53. The SMILES string of the molecule is CCNC(=NCc1ccccc1CO)NCCCOCc1ccco1.I. The van der Waals surface area contributed by atoms with Crippen LogP contribution in [0.15, 0.2) is 52.1 Å². The number of hydrogen-bond acceptors (Lipinski definition) is 4. The molecule has 0 aliphatic carbocycles. The van der Waals surface area contributed by atoms with Crippen LogP contribution in [0.3, 0.4) is 0 Å². The highest BCUT2D eigenvalue weighted by molar-refractivity contribution is 14.0. The minimum Gasteiger partial charge on any atom is -0.467 e. The Bertz CT molecular complexity index is 633. The summed E-state index contributed by atoms with van der Waals surface area (Å²) in [4.78, 5) is 4.58. The van der Waals surface area contributed by atoms with Gasteiger partial charge in [0.2, 0.25) is 0 Å². The van der Waals surface area contributed by atoms with Crippen LogP contribution in [0.1, 0.15) is 30.2 Å². The van der Waals surface area contributed by atoms with Gasteiger partial charge in [0.05, 0.1) is 19.4 Å². The molecule has 0 amide bonds. The summed E-state index contributed by atoms with van der Waals surface area (Å²) in [6.45, 7) is 5.31. The number of nitrogens with one attached hydrogen (secondary N) is 2. The first-order valence-electron chi connectivity index (χ1n) is 8.63. The molecule has 0 bridgehead atoms. The van der Waals surface area contributed by atoms with E-state index in [0.29, 0.717) is 19.8 Å². The normalized spacial score (nSPS) is 11.1. The van der Waals surface area contributed by atoms with Gasteiger partial charge in [0, 0.05) is 19.7 Å². The van der Waals surface area contributed by atoms with Crippen molar-refractivity contribution in [3.05, 3.63) is 59.5 Å². The molecule has 26 heavy (non-hydrogen) atoms. The molecule has 0 saturated carbocycles. The highest BCUT2D eigenvalue weighted by Gasteiger charge is 2.02. The fraction of sp³-hybridized carbons (Fsp3) is 0.421. The molecule has 144 valence electrons. The second-order valence-corrected chi connectivity index (χ2v) is 5.53. The zero-order chi connectivity index (χ0) is 17.7. The monoisotopic (exact) mass is 473 g/mol. The maximum absolute atomic E-state index is 9.38. The Balaban J connectivity index is 0.00000338. The molecule has 0 spiro atoms. The van der Waals surface area contributed by atoms with Crippen molar-refractivity contribution in [2.75, 3.05) is 19.7 Å². The zero-order valence-corrected chi connectivity index (χ0v) is 17.4. The molecule has 6 nitrogen and oxygen atoms in total. The van der Waals surface area contributed by atoms with Crippen molar-refractivity contribution in [1.82, 2.24) is 10.6 Å². The lowest BCUT2D eigenvalue weighted by molar-refractivity contribution is 0.105. The molecular formula is C19H28IN3O3. The number of aliphatic hydroxyl groups is 1. The van der Waals surface area contributed by atoms with E-state index in [4.69, 9.17) is 9.15 Å². The van der Waals surface area contributed by atoms with E-state index >= 15 is 0 Å². The molecular weight excluding hydrogens is 445 g/mol. The first kappa shape index (κ1) is 22.5. The van der Waals surface area contributed by atoms with Crippen molar-refractivity contribution in [2.45, 2.75) is 33.1 Å². The third-order valence-corrected chi connectivity index (χ3v) is 3.62. The molecule has 7 heteroatoms. The summed E-state index contributed by atoms with van der Waals surface area (Å²) in [6, 6.07) is 11.5. The molecule has 1 heterocycles. The molecule has 2 rings (SSSR count). The summed E-state index contributed by atoms with van der Waals surface area (Å²) in [5.41, 5.74) is 1.94. The lowest BCUT2D eigenvalue weighted by Gasteiger charge is -2.12. The summed E-state index contributed by atoms with van der Waals surface area (Å²) in [5, 5.41) is 15.9. The predicted molar refractivity (Wildman–Crippen MR) is 114 cm³/mol. The number of guanidine groups is 1. The molecule has 0 atom stereocenters. The average Bonchev–Trinajstić information content (AvgIpc) is 3.16. The highest BCUT2D eigenvalue weighted by atomic mass is 127. The average molecular weight is 473 g/mol. The van der Waals surface area contributed by atoms with E-state index in [-0.39, 0.29) is 30.6 Å². The van der Waals surface area contributed by atoms with Gasteiger partial charge < -0.3 is 24.9 Å². The van der Waals surface area contributed by atoms with Crippen molar-refractivity contribution in [1.29, 1.82) is 0 Å². The van der Waals surface area contributed by atoms with Crippen molar-refractivity contribution in [3.8, 4) is 0 Å². The van der Waals surface area contributed by atoms with Crippen LogP contribution >= 0.6 is 24.0 Å². The lowest BCUT2D eigenvalue weighted by atomic mass is 10.1.